The van der Waals surface area contributed by atoms with Crippen LogP contribution in [-0.2, 0) is 4.74 Å². The number of allylic oxidation sites excluding steroid dienone is 1. The first-order valence-electron chi connectivity index (χ1n) is 5.39. The number of morpholine rings is 1. The molecule has 1 aromatic carbocycles. The average Bonchev–Trinajstić information content (AvgIpc) is 2.38. The molecule has 1 saturated heterocycles. The second kappa shape index (κ2) is 5.34. The molecule has 82 valence electrons. The van der Waals surface area contributed by atoms with E-state index in [9.17, 15) is 0 Å². The zero-order valence-electron chi connectivity index (χ0n) is 9.10. The van der Waals surface area contributed by atoms with Crippen LogP contribution in [0.3, 0.4) is 0 Å². The Hall–Kier alpha value is -1.79. The Balaban J connectivity index is 2.16. The third-order valence-electron chi connectivity index (χ3n) is 2.56. The molecule has 16 heavy (non-hydrogen) atoms. The molecule has 1 aliphatic heterocycles. The van der Waals surface area contributed by atoms with Gasteiger partial charge in [-0.05, 0) is 5.56 Å². The van der Waals surface area contributed by atoms with Crippen LogP contribution in [0.2, 0.25) is 0 Å². The van der Waals surface area contributed by atoms with E-state index in [1.807, 2.05) is 36.5 Å². The number of hydrogen-bond acceptors (Lipinski definition) is 3. The Kier molecular flexibility index (Phi) is 3.58. The van der Waals surface area contributed by atoms with Gasteiger partial charge in [-0.15, -0.1) is 0 Å². The molecule has 0 bridgehead atoms. The fourth-order valence-corrected chi connectivity index (χ4v) is 1.67. The number of rotatable bonds is 2. The molecule has 0 aliphatic carbocycles. The summed E-state index contributed by atoms with van der Waals surface area (Å²) in [6.45, 7) is 3.20. The lowest BCUT2D eigenvalue weighted by molar-refractivity contribution is 0.0596. The topological polar surface area (TPSA) is 36.3 Å². The zero-order chi connectivity index (χ0) is 11.2. The van der Waals surface area contributed by atoms with Crippen LogP contribution in [0.25, 0.3) is 5.57 Å². The summed E-state index contributed by atoms with van der Waals surface area (Å²) in [7, 11) is 0. The number of ether oxygens (including phenoxy) is 1. The minimum absolute atomic E-state index is 0.711. The van der Waals surface area contributed by atoms with Gasteiger partial charge in [0.15, 0.2) is 0 Å². The Morgan fingerprint density at radius 2 is 1.94 bits per heavy atom. The minimum atomic E-state index is 0.711. The van der Waals surface area contributed by atoms with Gasteiger partial charge in [-0.1, -0.05) is 30.3 Å². The van der Waals surface area contributed by atoms with E-state index >= 15 is 0 Å². The van der Waals surface area contributed by atoms with Crippen LogP contribution < -0.4 is 0 Å². The van der Waals surface area contributed by atoms with E-state index in [1.165, 1.54) is 0 Å². The summed E-state index contributed by atoms with van der Waals surface area (Å²) >= 11 is 0. The van der Waals surface area contributed by atoms with Crippen LogP contribution in [0.1, 0.15) is 5.56 Å². The molecule has 3 nitrogen and oxygen atoms in total. The van der Waals surface area contributed by atoms with Gasteiger partial charge >= 0.3 is 0 Å². The molecule has 0 unspecified atom stereocenters. The van der Waals surface area contributed by atoms with Crippen LogP contribution in [0.4, 0.5) is 0 Å². The Morgan fingerprint density at radius 3 is 2.56 bits per heavy atom. The predicted molar refractivity (Wildman–Crippen MR) is 62.4 cm³/mol. The van der Waals surface area contributed by atoms with E-state index in [-0.39, 0.29) is 0 Å². The summed E-state index contributed by atoms with van der Waals surface area (Å²) < 4.78 is 5.27. The van der Waals surface area contributed by atoms with Crippen molar-refractivity contribution in [3.8, 4) is 6.07 Å². The highest BCUT2D eigenvalue weighted by Gasteiger charge is 2.08. The maximum atomic E-state index is 9.13. The highest BCUT2D eigenvalue weighted by molar-refractivity contribution is 5.76. The standard InChI is InChI=1S/C13H14N2O/c14-10-13(12-4-2-1-3-5-12)11-15-6-8-16-9-7-15/h1-5,11H,6-9H2. The molecule has 0 saturated carbocycles. The molecule has 0 amide bonds. The lowest BCUT2D eigenvalue weighted by atomic mass is 10.1. The maximum absolute atomic E-state index is 9.13. The second-order valence-corrected chi connectivity index (χ2v) is 3.67. The first-order valence-corrected chi connectivity index (χ1v) is 5.39. The van der Waals surface area contributed by atoms with E-state index in [0.29, 0.717) is 5.57 Å². The smallest absolute Gasteiger partial charge is 0.101 e. The maximum Gasteiger partial charge on any atom is 0.101 e. The highest BCUT2D eigenvalue weighted by Crippen LogP contribution is 2.14. The van der Waals surface area contributed by atoms with Gasteiger partial charge in [-0.3, -0.25) is 0 Å². The van der Waals surface area contributed by atoms with Gasteiger partial charge in [0.1, 0.15) is 6.07 Å². The molecule has 3 heteroatoms. The first-order chi connectivity index (χ1) is 7.90. The largest absolute Gasteiger partial charge is 0.378 e. The monoisotopic (exact) mass is 214 g/mol. The first kappa shape index (κ1) is 10.7. The van der Waals surface area contributed by atoms with Gasteiger partial charge in [0.25, 0.3) is 0 Å². The second-order valence-electron chi connectivity index (χ2n) is 3.67. The zero-order valence-corrected chi connectivity index (χ0v) is 9.10. The number of benzene rings is 1. The molecule has 0 spiro atoms. The summed E-state index contributed by atoms with van der Waals surface area (Å²) in [5, 5.41) is 9.13. The summed E-state index contributed by atoms with van der Waals surface area (Å²) in [5.41, 5.74) is 1.68. The predicted octanol–water partition coefficient (Wildman–Crippen LogP) is 1.88. The van der Waals surface area contributed by atoms with Crippen LogP contribution >= 0.6 is 0 Å². The lowest BCUT2D eigenvalue weighted by Crippen LogP contribution is -2.32. The average molecular weight is 214 g/mol. The SMILES string of the molecule is N#CC(=CN1CCOCC1)c1ccccc1. The van der Waals surface area contributed by atoms with Crippen molar-refractivity contribution in [3.63, 3.8) is 0 Å². The Labute approximate surface area is 95.6 Å². The van der Waals surface area contributed by atoms with Gasteiger partial charge in [0.05, 0.1) is 18.8 Å². The summed E-state index contributed by atoms with van der Waals surface area (Å²) in [4.78, 5) is 2.13. The third-order valence-corrected chi connectivity index (χ3v) is 2.56. The van der Waals surface area contributed by atoms with E-state index in [2.05, 4.69) is 11.0 Å². The van der Waals surface area contributed by atoms with Crippen molar-refractivity contribution in [2.45, 2.75) is 0 Å². The van der Waals surface area contributed by atoms with Crippen molar-refractivity contribution in [1.29, 1.82) is 5.26 Å². The minimum Gasteiger partial charge on any atom is -0.378 e. The van der Waals surface area contributed by atoms with E-state index in [1.54, 1.807) is 0 Å². The van der Waals surface area contributed by atoms with Crippen molar-refractivity contribution in [2.24, 2.45) is 0 Å². The Bertz CT molecular complexity index is 400. The van der Waals surface area contributed by atoms with Crippen molar-refractivity contribution < 1.29 is 4.74 Å². The molecular formula is C13H14N2O. The van der Waals surface area contributed by atoms with Crippen LogP contribution in [0.5, 0.6) is 0 Å². The molecule has 0 atom stereocenters. The summed E-state index contributed by atoms with van der Waals surface area (Å²) in [5.74, 6) is 0. The van der Waals surface area contributed by atoms with Gasteiger partial charge in [-0.2, -0.15) is 5.26 Å². The van der Waals surface area contributed by atoms with Gasteiger partial charge < -0.3 is 9.64 Å². The van der Waals surface area contributed by atoms with Gasteiger partial charge in [-0.25, -0.2) is 0 Å². The number of nitrogens with zero attached hydrogens (tertiary/aromatic N) is 2. The van der Waals surface area contributed by atoms with Gasteiger partial charge in [0, 0.05) is 19.3 Å². The molecule has 0 radical (unpaired) electrons. The fraction of sp³-hybridized carbons (Fsp3) is 0.308. The van der Waals surface area contributed by atoms with Crippen molar-refractivity contribution >= 4 is 5.57 Å². The third kappa shape index (κ3) is 2.62. The van der Waals surface area contributed by atoms with E-state index in [0.717, 1.165) is 31.9 Å². The quantitative estimate of drug-likeness (QED) is 0.705. The van der Waals surface area contributed by atoms with Gasteiger partial charge in [0.2, 0.25) is 0 Å². The normalized spacial score (nSPS) is 16.9. The van der Waals surface area contributed by atoms with Crippen molar-refractivity contribution in [3.05, 3.63) is 42.1 Å². The molecule has 1 heterocycles. The summed E-state index contributed by atoms with van der Waals surface area (Å²) in [6, 6.07) is 12.0. The molecule has 0 aromatic heterocycles. The molecule has 1 fully saturated rings. The molecular weight excluding hydrogens is 200 g/mol. The Morgan fingerprint density at radius 1 is 1.25 bits per heavy atom. The van der Waals surface area contributed by atoms with E-state index < -0.39 is 0 Å². The summed E-state index contributed by atoms with van der Waals surface area (Å²) in [6.07, 6.45) is 1.93. The highest BCUT2D eigenvalue weighted by atomic mass is 16.5. The number of hydrogen-bond donors (Lipinski definition) is 0. The van der Waals surface area contributed by atoms with Crippen LogP contribution in [-0.4, -0.2) is 31.2 Å². The molecule has 1 aliphatic rings. The van der Waals surface area contributed by atoms with Crippen molar-refractivity contribution in [1.82, 2.24) is 4.90 Å². The lowest BCUT2D eigenvalue weighted by Gasteiger charge is -2.25. The fourth-order valence-electron chi connectivity index (χ4n) is 1.67. The number of nitriles is 1. The van der Waals surface area contributed by atoms with Crippen LogP contribution in [0, 0.1) is 11.3 Å². The molecule has 1 aromatic rings. The molecule has 2 rings (SSSR count). The van der Waals surface area contributed by atoms with Crippen molar-refractivity contribution in [2.75, 3.05) is 26.3 Å². The molecule has 0 N–H and O–H groups in total. The van der Waals surface area contributed by atoms with Crippen LogP contribution in [0.15, 0.2) is 36.5 Å². The van der Waals surface area contributed by atoms with E-state index in [4.69, 9.17) is 10.00 Å².